The molecular weight excluding hydrogens is 270 g/mol. The zero-order valence-corrected chi connectivity index (χ0v) is 13.2. The molecule has 0 radical (unpaired) electrons. The van der Waals surface area contributed by atoms with Crippen LogP contribution in [0.3, 0.4) is 0 Å². The van der Waals surface area contributed by atoms with E-state index in [4.69, 9.17) is 27.4 Å². The van der Waals surface area contributed by atoms with E-state index in [1.165, 1.54) is 12.8 Å². The number of benzene rings is 1. The van der Waals surface area contributed by atoms with Crippen LogP contribution >= 0.6 is 12.2 Å². The Kier molecular flexibility index (Phi) is 8.23. The molecule has 0 saturated heterocycles. The fourth-order valence-corrected chi connectivity index (χ4v) is 2.08. The van der Waals surface area contributed by atoms with E-state index in [0.29, 0.717) is 17.5 Å². The van der Waals surface area contributed by atoms with Gasteiger partial charge in [-0.15, -0.1) is 0 Å². The third-order valence-electron chi connectivity index (χ3n) is 3.00. The first kappa shape index (κ1) is 16.9. The van der Waals surface area contributed by atoms with E-state index in [1.54, 1.807) is 0 Å². The summed E-state index contributed by atoms with van der Waals surface area (Å²) in [6.07, 6.45) is 3.32. The second-order valence-corrected chi connectivity index (χ2v) is 5.50. The zero-order valence-electron chi connectivity index (χ0n) is 12.4. The van der Waals surface area contributed by atoms with Crippen LogP contribution in [0.4, 0.5) is 0 Å². The fourth-order valence-electron chi connectivity index (χ4n) is 1.95. The molecule has 0 amide bonds. The summed E-state index contributed by atoms with van der Waals surface area (Å²) in [5.74, 6) is 1.44. The van der Waals surface area contributed by atoms with Crippen molar-refractivity contribution in [1.82, 2.24) is 0 Å². The van der Waals surface area contributed by atoms with E-state index in [1.807, 2.05) is 24.3 Å². The maximum Gasteiger partial charge on any atom is 0.119 e. The molecule has 4 heteroatoms. The lowest BCUT2D eigenvalue weighted by atomic mass is 10.1. The molecule has 20 heavy (non-hydrogen) atoms. The first-order valence-corrected chi connectivity index (χ1v) is 7.64. The molecule has 0 spiro atoms. The quantitative estimate of drug-likeness (QED) is 0.529. The molecule has 0 fully saturated rings. The maximum atomic E-state index is 5.66. The summed E-state index contributed by atoms with van der Waals surface area (Å²) in [5.41, 5.74) is 6.42. The molecule has 112 valence electrons. The number of hydrogen-bond donors (Lipinski definition) is 1. The smallest absolute Gasteiger partial charge is 0.119 e. The molecule has 0 heterocycles. The highest BCUT2D eigenvalue weighted by Crippen LogP contribution is 2.13. The summed E-state index contributed by atoms with van der Waals surface area (Å²) >= 11 is 4.94. The molecule has 3 nitrogen and oxygen atoms in total. The van der Waals surface area contributed by atoms with Crippen LogP contribution < -0.4 is 10.5 Å². The minimum Gasteiger partial charge on any atom is -0.493 e. The lowest BCUT2D eigenvalue weighted by Gasteiger charge is -2.11. The Morgan fingerprint density at radius 2 is 2.15 bits per heavy atom. The predicted molar refractivity (Wildman–Crippen MR) is 87.3 cm³/mol. The standard InChI is InChI=1S/C16H25NO2S/c1-3-6-13(2)12-18-9-5-10-19-15-8-4-7-14(11-15)16(17)20/h4,7-8,11,13H,3,5-6,9-10,12H2,1-2H3,(H2,17,20). The van der Waals surface area contributed by atoms with Gasteiger partial charge in [-0.2, -0.15) is 0 Å². The second kappa shape index (κ2) is 9.72. The fraction of sp³-hybridized carbons (Fsp3) is 0.562. The Morgan fingerprint density at radius 3 is 2.85 bits per heavy atom. The van der Waals surface area contributed by atoms with Crippen molar-refractivity contribution in [2.24, 2.45) is 11.7 Å². The molecule has 0 aliphatic rings. The first-order valence-electron chi connectivity index (χ1n) is 7.24. The summed E-state index contributed by atoms with van der Waals surface area (Å²) in [6.45, 7) is 6.64. The second-order valence-electron chi connectivity index (χ2n) is 5.06. The Hall–Kier alpha value is -1.13. The Balaban J connectivity index is 2.15. The minimum atomic E-state index is 0.392. The van der Waals surface area contributed by atoms with Gasteiger partial charge in [-0.25, -0.2) is 0 Å². The van der Waals surface area contributed by atoms with Gasteiger partial charge in [-0.05, 0) is 24.5 Å². The maximum absolute atomic E-state index is 5.66. The van der Waals surface area contributed by atoms with Crippen molar-refractivity contribution in [2.75, 3.05) is 19.8 Å². The van der Waals surface area contributed by atoms with Gasteiger partial charge in [0.15, 0.2) is 0 Å². The molecule has 0 aliphatic carbocycles. The van der Waals surface area contributed by atoms with Gasteiger partial charge < -0.3 is 15.2 Å². The number of rotatable bonds is 10. The third-order valence-corrected chi connectivity index (χ3v) is 3.24. The molecule has 1 atom stereocenters. The van der Waals surface area contributed by atoms with Gasteiger partial charge >= 0.3 is 0 Å². The number of thiocarbonyl (C=S) groups is 1. The molecular formula is C16H25NO2S. The summed E-state index contributed by atoms with van der Waals surface area (Å²) in [4.78, 5) is 0.392. The highest BCUT2D eigenvalue weighted by molar-refractivity contribution is 7.80. The number of ether oxygens (including phenoxy) is 2. The van der Waals surface area contributed by atoms with Crippen molar-refractivity contribution in [3.63, 3.8) is 0 Å². The molecule has 1 rings (SSSR count). The van der Waals surface area contributed by atoms with Crippen LogP contribution in [0, 0.1) is 5.92 Å². The van der Waals surface area contributed by atoms with Gasteiger partial charge in [-0.1, -0.05) is 44.6 Å². The molecule has 0 aliphatic heterocycles. The number of hydrogen-bond acceptors (Lipinski definition) is 3. The number of nitrogens with two attached hydrogens (primary N) is 1. The van der Waals surface area contributed by atoms with E-state index in [-0.39, 0.29) is 0 Å². The van der Waals surface area contributed by atoms with E-state index >= 15 is 0 Å². The lowest BCUT2D eigenvalue weighted by molar-refractivity contribution is 0.0910. The van der Waals surface area contributed by atoms with Crippen LogP contribution in [0.5, 0.6) is 5.75 Å². The minimum absolute atomic E-state index is 0.392. The largest absolute Gasteiger partial charge is 0.493 e. The molecule has 2 N–H and O–H groups in total. The van der Waals surface area contributed by atoms with Gasteiger partial charge in [-0.3, -0.25) is 0 Å². The highest BCUT2D eigenvalue weighted by Gasteiger charge is 2.01. The molecule has 0 saturated carbocycles. The normalized spacial score (nSPS) is 12.1. The SMILES string of the molecule is CCCC(C)COCCCOc1cccc(C(N)=S)c1. The van der Waals surface area contributed by atoms with E-state index in [2.05, 4.69) is 13.8 Å². The van der Waals surface area contributed by atoms with Crippen molar-refractivity contribution in [1.29, 1.82) is 0 Å². The van der Waals surface area contributed by atoms with Crippen LogP contribution in [0.15, 0.2) is 24.3 Å². The van der Waals surface area contributed by atoms with Crippen molar-refractivity contribution in [3.8, 4) is 5.75 Å². The van der Waals surface area contributed by atoms with Crippen LogP contribution in [0.25, 0.3) is 0 Å². The van der Waals surface area contributed by atoms with E-state index in [0.717, 1.165) is 30.9 Å². The summed E-state index contributed by atoms with van der Waals surface area (Å²) < 4.78 is 11.3. The van der Waals surface area contributed by atoms with Crippen molar-refractivity contribution >= 4 is 17.2 Å². The molecule has 1 aromatic rings. The average Bonchev–Trinajstić information content (AvgIpc) is 2.43. The average molecular weight is 295 g/mol. The Bertz CT molecular complexity index is 409. The van der Waals surface area contributed by atoms with Gasteiger partial charge in [0.05, 0.1) is 6.61 Å². The Labute approximate surface area is 127 Å². The van der Waals surface area contributed by atoms with Crippen molar-refractivity contribution in [2.45, 2.75) is 33.1 Å². The molecule has 1 unspecified atom stereocenters. The predicted octanol–water partition coefficient (Wildman–Crippen LogP) is 3.54. The zero-order chi connectivity index (χ0) is 14.8. The summed E-state index contributed by atoms with van der Waals surface area (Å²) in [7, 11) is 0. The van der Waals surface area contributed by atoms with Crippen molar-refractivity contribution < 1.29 is 9.47 Å². The highest BCUT2D eigenvalue weighted by atomic mass is 32.1. The summed E-state index contributed by atoms with van der Waals surface area (Å²) in [5, 5.41) is 0. The lowest BCUT2D eigenvalue weighted by Crippen LogP contribution is -2.10. The van der Waals surface area contributed by atoms with Gasteiger partial charge in [0.1, 0.15) is 10.7 Å². The van der Waals surface area contributed by atoms with Crippen molar-refractivity contribution in [3.05, 3.63) is 29.8 Å². The topological polar surface area (TPSA) is 44.5 Å². The van der Waals surface area contributed by atoms with E-state index < -0.39 is 0 Å². The molecule has 0 aromatic heterocycles. The third kappa shape index (κ3) is 6.87. The monoisotopic (exact) mass is 295 g/mol. The van der Waals surface area contributed by atoms with Crippen LogP contribution in [0.1, 0.15) is 38.7 Å². The molecule has 0 bridgehead atoms. The van der Waals surface area contributed by atoms with E-state index in [9.17, 15) is 0 Å². The summed E-state index contributed by atoms with van der Waals surface area (Å²) in [6, 6.07) is 7.55. The van der Waals surface area contributed by atoms with Crippen LogP contribution in [-0.2, 0) is 4.74 Å². The van der Waals surface area contributed by atoms with Crippen LogP contribution in [0.2, 0.25) is 0 Å². The van der Waals surface area contributed by atoms with Gasteiger partial charge in [0, 0.05) is 25.2 Å². The molecule has 1 aromatic carbocycles. The Morgan fingerprint density at radius 1 is 1.35 bits per heavy atom. The van der Waals surface area contributed by atoms with Gasteiger partial charge in [0.25, 0.3) is 0 Å². The van der Waals surface area contributed by atoms with Crippen LogP contribution in [-0.4, -0.2) is 24.8 Å². The first-order chi connectivity index (χ1) is 9.63. The van der Waals surface area contributed by atoms with Gasteiger partial charge in [0.2, 0.25) is 0 Å².